The minimum Gasteiger partial charge on any atom is -0.492 e. The van der Waals surface area contributed by atoms with Gasteiger partial charge in [0.15, 0.2) is 0 Å². The average Bonchev–Trinajstić information content (AvgIpc) is 2.33. The van der Waals surface area contributed by atoms with Crippen LogP contribution in [0.2, 0.25) is 0 Å². The molecule has 0 spiro atoms. The highest BCUT2D eigenvalue weighted by atomic mass is 16.5. The van der Waals surface area contributed by atoms with E-state index in [1.165, 1.54) is 5.56 Å². The lowest BCUT2D eigenvalue weighted by atomic mass is 9.87. The van der Waals surface area contributed by atoms with Gasteiger partial charge in [-0.15, -0.1) is 0 Å². The van der Waals surface area contributed by atoms with Gasteiger partial charge in [0.05, 0.1) is 6.54 Å². The zero-order chi connectivity index (χ0) is 15.2. The zero-order valence-corrected chi connectivity index (χ0v) is 13.1. The zero-order valence-electron chi connectivity index (χ0n) is 13.1. The van der Waals surface area contributed by atoms with Gasteiger partial charge >= 0.3 is 6.03 Å². The Bertz CT molecular complexity index is 419. The van der Waals surface area contributed by atoms with Crippen molar-refractivity contribution in [1.82, 2.24) is 10.6 Å². The maximum Gasteiger partial charge on any atom is 0.315 e. The second-order valence-corrected chi connectivity index (χ2v) is 6.18. The molecule has 0 saturated heterocycles. The second-order valence-electron chi connectivity index (χ2n) is 6.18. The molecule has 0 fully saturated rings. The van der Waals surface area contributed by atoms with Crippen LogP contribution in [0.4, 0.5) is 4.79 Å². The minimum absolute atomic E-state index is 0.140. The van der Waals surface area contributed by atoms with E-state index in [2.05, 4.69) is 43.5 Å². The van der Waals surface area contributed by atoms with Crippen molar-refractivity contribution in [2.24, 2.45) is 0 Å². The molecule has 112 valence electrons. The number of nitrogens with one attached hydrogen (secondary N) is 2. The van der Waals surface area contributed by atoms with Gasteiger partial charge in [-0.2, -0.15) is 0 Å². The lowest BCUT2D eigenvalue weighted by Crippen LogP contribution is -2.41. The summed E-state index contributed by atoms with van der Waals surface area (Å²) in [7, 11) is 0. The number of hydrogen-bond donors (Lipinski definition) is 2. The van der Waals surface area contributed by atoms with Gasteiger partial charge in [-0.25, -0.2) is 4.79 Å². The molecular formula is C16H26N2O2. The van der Waals surface area contributed by atoms with Crippen molar-refractivity contribution in [1.29, 1.82) is 0 Å². The van der Waals surface area contributed by atoms with Crippen molar-refractivity contribution in [3.63, 3.8) is 0 Å². The van der Waals surface area contributed by atoms with Crippen LogP contribution in [0.1, 0.15) is 40.2 Å². The van der Waals surface area contributed by atoms with E-state index in [1.54, 1.807) is 0 Å². The molecule has 2 N–H and O–H groups in total. The molecule has 20 heavy (non-hydrogen) atoms. The van der Waals surface area contributed by atoms with Gasteiger partial charge in [0, 0.05) is 6.04 Å². The van der Waals surface area contributed by atoms with Crippen molar-refractivity contribution in [2.75, 3.05) is 13.2 Å². The van der Waals surface area contributed by atoms with E-state index in [4.69, 9.17) is 4.74 Å². The highest BCUT2D eigenvalue weighted by molar-refractivity contribution is 5.74. The molecular weight excluding hydrogens is 252 g/mol. The number of urea groups is 1. The first kappa shape index (κ1) is 16.3. The average molecular weight is 278 g/mol. The lowest BCUT2D eigenvalue weighted by molar-refractivity contribution is 0.234. The van der Waals surface area contributed by atoms with Crippen LogP contribution in [-0.2, 0) is 5.41 Å². The number of ether oxygens (including phenoxy) is 1. The fourth-order valence-corrected chi connectivity index (χ4v) is 1.70. The Kier molecular flexibility index (Phi) is 5.86. The third-order valence-corrected chi connectivity index (χ3v) is 2.80. The largest absolute Gasteiger partial charge is 0.492 e. The Balaban J connectivity index is 2.31. The SMILES string of the molecule is CC(C)NC(=O)NCCOc1ccc(C(C)(C)C)cc1. The molecule has 0 heterocycles. The maximum absolute atomic E-state index is 11.3. The van der Waals surface area contributed by atoms with Crippen molar-refractivity contribution >= 4 is 6.03 Å². The van der Waals surface area contributed by atoms with Crippen LogP contribution in [0.25, 0.3) is 0 Å². The van der Waals surface area contributed by atoms with E-state index >= 15 is 0 Å². The summed E-state index contributed by atoms with van der Waals surface area (Å²) in [6.07, 6.45) is 0. The second kappa shape index (κ2) is 7.17. The van der Waals surface area contributed by atoms with Crippen LogP contribution in [0, 0.1) is 0 Å². The first-order valence-corrected chi connectivity index (χ1v) is 7.07. The minimum atomic E-state index is -0.160. The highest BCUT2D eigenvalue weighted by Gasteiger charge is 2.12. The van der Waals surface area contributed by atoms with E-state index in [0.717, 1.165) is 5.75 Å². The molecule has 1 rings (SSSR count). The van der Waals surface area contributed by atoms with Crippen molar-refractivity contribution in [3.05, 3.63) is 29.8 Å². The van der Waals surface area contributed by atoms with Gasteiger partial charge in [-0.3, -0.25) is 0 Å². The van der Waals surface area contributed by atoms with E-state index in [-0.39, 0.29) is 17.5 Å². The van der Waals surface area contributed by atoms with Gasteiger partial charge in [0.25, 0.3) is 0 Å². The summed E-state index contributed by atoms with van der Waals surface area (Å²) >= 11 is 0. The summed E-state index contributed by atoms with van der Waals surface area (Å²) in [6, 6.07) is 8.07. The monoisotopic (exact) mass is 278 g/mol. The molecule has 0 atom stereocenters. The summed E-state index contributed by atoms with van der Waals surface area (Å²) < 4.78 is 5.59. The van der Waals surface area contributed by atoms with E-state index in [0.29, 0.717) is 13.2 Å². The number of carbonyl (C=O) groups is 1. The molecule has 0 aromatic heterocycles. The van der Waals surface area contributed by atoms with Gasteiger partial charge in [-0.1, -0.05) is 32.9 Å². The summed E-state index contributed by atoms with van der Waals surface area (Å²) in [5, 5.41) is 5.50. The van der Waals surface area contributed by atoms with Crippen LogP contribution >= 0.6 is 0 Å². The summed E-state index contributed by atoms with van der Waals surface area (Å²) in [5.74, 6) is 0.823. The third kappa shape index (κ3) is 5.95. The molecule has 2 amide bonds. The quantitative estimate of drug-likeness (QED) is 0.813. The molecule has 0 aliphatic rings. The van der Waals surface area contributed by atoms with E-state index in [9.17, 15) is 4.79 Å². The molecule has 0 unspecified atom stereocenters. The lowest BCUT2D eigenvalue weighted by Gasteiger charge is -2.19. The fourth-order valence-electron chi connectivity index (χ4n) is 1.70. The predicted molar refractivity (Wildman–Crippen MR) is 82.3 cm³/mol. The fraction of sp³-hybridized carbons (Fsp3) is 0.562. The van der Waals surface area contributed by atoms with E-state index in [1.807, 2.05) is 26.0 Å². The first-order chi connectivity index (χ1) is 9.29. The summed E-state index contributed by atoms with van der Waals surface area (Å²) in [5.41, 5.74) is 1.42. The number of amides is 2. The summed E-state index contributed by atoms with van der Waals surface area (Å²) in [4.78, 5) is 11.3. The van der Waals surface area contributed by atoms with Crippen molar-refractivity contribution < 1.29 is 9.53 Å². The van der Waals surface area contributed by atoms with Gasteiger partial charge in [0.1, 0.15) is 12.4 Å². The van der Waals surface area contributed by atoms with Gasteiger partial charge in [-0.05, 0) is 37.0 Å². The first-order valence-electron chi connectivity index (χ1n) is 7.07. The van der Waals surface area contributed by atoms with Gasteiger partial charge in [0.2, 0.25) is 0 Å². The molecule has 4 nitrogen and oxygen atoms in total. The van der Waals surface area contributed by atoms with Crippen molar-refractivity contribution in [3.8, 4) is 5.75 Å². The van der Waals surface area contributed by atoms with Crippen LogP contribution in [0.15, 0.2) is 24.3 Å². The Labute approximate surface area is 121 Å². The Morgan fingerprint density at radius 1 is 1.20 bits per heavy atom. The molecule has 0 bridgehead atoms. The normalized spacial score (nSPS) is 11.3. The molecule has 4 heteroatoms. The molecule has 0 saturated carbocycles. The predicted octanol–water partition coefficient (Wildman–Crippen LogP) is 3.07. The highest BCUT2D eigenvalue weighted by Crippen LogP contribution is 2.24. The molecule has 1 aromatic carbocycles. The Morgan fingerprint density at radius 3 is 2.30 bits per heavy atom. The van der Waals surface area contributed by atoms with Crippen LogP contribution in [-0.4, -0.2) is 25.2 Å². The molecule has 1 aromatic rings. The Hall–Kier alpha value is -1.71. The Morgan fingerprint density at radius 2 is 1.80 bits per heavy atom. The number of benzene rings is 1. The molecule has 0 aliphatic carbocycles. The molecule has 0 radical (unpaired) electrons. The molecule has 0 aliphatic heterocycles. The van der Waals surface area contributed by atoms with Crippen LogP contribution in [0.5, 0.6) is 5.75 Å². The van der Waals surface area contributed by atoms with Crippen LogP contribution < -0.4 is 15.4 Å². The van der Waals surface area contributed by atoms with Gasteiger partial charge < -0.3 is 15.4 Å². The van der Waals surface area contributed by atoms with Crippen LogP contribution in [0.3, 0.4) is 0 Å². The van der Waals surface area contributed by atoms with Crippen molar-refractivity contribution in [2.45, 2.75) is 46.1 Å². The number of rotatable bonds is 5. The number of hydrogen-bond acceptors (Lipinski definition) is 2. The maximum atomic E-state index is 11.3. The topological polar surface area (TPSA) is 50.4 Å². The van der Waals surface area contributed by atoms with E-state index < -0.39 is 0 Å². The summed E-state index contributed by atoms with van der Waals surface area (Å²) in [6.45, 7) is 11.3. The standard InChI is InChI=1S/C16H26N2O2/c1-12(2)18-15(19)17-10-11-20-14-8-6-13(7-9-14)16(3,4)5/h6-9,12H,10-11H2,1-5H3,(H2,17,18,19). The third-order valence-electron chi connectivity index (χ3n) is 2.80. The smallest absolute Gasteiger partial charge is 0.315 e. The number of carbonyl (C=O) groups excluding carboxylic acids is 1.